The molecule has 108 valence electrons. The average Bonchev–Trinajstić information content (AvgIpc) is 2.46. The van der Waals surface area contributed by atoms with E-state index < -0.39 is 17.8 Å². The third-order valence-electron chi connectivity index (χ3n) is 3.86. The number of carbonyl (C=O) groups excluding carboxylic acids is 1. The molecule has 1 aromatic rings. The molecule has 1 fully saturated rings. The SMILES string of the molecule is O=C(O)C1CCCCC1C(=O)NCc1ccccc1S. The molecule has 0 radical (unpaired) electrons. The maximum atomic E-state index is 12.2. The van der Waals surface area contributed by atoms with Crippen LogP contribution in [0, 0.1) is 11.8 Å². The predicted octanol–water partition coefficient (Wildman–Crippen LogP) is 2.48. The molecule has 5 heteroatoms. The second kappa shape index (κ2) is 6.79. The normalized spacial score (nSPS) is 22.2. The van der Waals surface area contributed by atoms with E-state index in [4.69, 9.17) is 0 Å². The van der Waals surface area contributed by atoms with Crippen molar-refractivity contribution in [1.82, 2.24) is 5.32 Å². The Labute approximate surface area is 124 Å². The highest BCUT2D eigenvalue weighted by atomic mass is 32.1. The van der Waals surface area contributed by atoms with Gasteiger partial charge in [0.15, 0.2) is 0 Å². The minimum absolute atomic E-state index is 0.159. The van der Waals surface area contributed by atoms with Crippen LogP contribution in [0.5, 0.6) is 0 Å². The average molecular weight is 293 g/mol. The van der Waals surface area contributed by atoms with E-state index in [-0.39, 0.29) is 5.91 Å². The molecule has 1 aliphatic carbocycles. The van der Waals surface area contributed by atoms with E-state index >= 15 is 0 Å². The lowest BCUT2D eigenvalue weighted by Crippen LogP contribution is -2.39. The van der Waals surface area contributed by atoms with Crippen LogP contribution in [0.1, 0.15) is 31.2 Å². The lowest BCUT2D eigenvalue weighted by molar-refractivity contribution is -0.148. The van der Waals surface area contributed by atoms with E-state index in [9.17, 15) is 14.7 Å². The zero-order valence-electron chi connectivity index (χ0n) is 11.2. The molecule has 4 nitrogen and oxygen atoms in total. The molecule has 1 saturated carbocycles. The first kappa shape index (κ1) is 14.9. The molecule has 2 N–H and O–H groups in total. The summed E-state index contributed by atoms with van der Waals surface area (Å²) >= 11 is 4.33. The molecule has 0 spiro atoms. The van der Waals surface area contributed by atoms with Crippen molar-refractivity contribution >= 4 is 24.5 Å². The van der Waals surface area contributed by atoms with Gasteiger partial charge in [0, 0.05) is 11.4 Å². The molecule has 2 unspecified atom stereocenters. The van der Waals surface area contributed by atoms with Gasteiger partial charge in [-0.3, -0.25) is 9.59 Å². The Morgan fingerprint density at radius 2 is 1.85 bits per heavy atom. The van der Waals surface area contributed by atoms with Crippen molar-refractivity contribution in [1.29, 1.82) is 0 Å². The monoisotopic (exact) mass is 293 g/mol. The minimum atomic E-state index is -0.862. The van der Waals surface area contributed by atoms with Crippen LogP contribution >= 0.6 is 12.6 Å². The molecule has 1 amide bonds. The highest BCUT2D eigenvalue weighted by Crippen LogP contribution is 2.30. The van der Waals surface area contributed by atoms with Gasteiger partial charge in [0.2, 0.25) is 5.91 Å². The third kappa shape index (κ3) is 3.54. The number of carbonyl (C=O) groups is 2. The molecule has 1 aromatic carbocycles. The number of carboxylic acids is 1. The Kier molecular flexibility index (Phi) is 5.06. The molecule has 0 aromatic heterocycles. The van der Waals surface area contributed by atoms with Crippen molar-refractivity contribution in [3.63, 3.8) is 0 Å². The number of aliphatic carboxylic acids is 1. The number of rotatable bonds is 4. The van der Waals surface area contributed by atoms with Gasteiger partial charge in [-0.15, -0.1) is 12.6 Å². The minimum Gasteiger partial charge on any atom is -0.481 e. The Morgan fingerprint density at radius 3 is 2.50 bits per heavy atom. The Morgan fingerprint density at radius 1 is 1.20 bits per heavy atom. The van der Waals surface area contributed by atoms with Gasteiger partial charge >= 0.3 is 5.97 Å². The molecule has 20 heavy (non-hydrogen) atoms. The smallest absolute Gasteiger partial charge is 0.307 e. The first-order valence-corrected chi connectivity index (χ1v) is 7.31. The van der Waals surface area contributed by atoms with Crippen molar-refractivity contribution in [2.75, 3.05) is 0 Å². The van der Waals surface area contributed by atoms with Gasteiger partial charge in [-0.05, 0) is 24.5 Å². The van der Waals surface area contributed by atoms with Gasteiger partial charge in [-0.1, -0.05) is 31.0 Å². The van der Waals surface area contributed by atoms with Gasteiger partial charge in [0.1, 0.15) is 0 Å². The van der Waals surface area contributed by atoms with Crippen molar-refractivity contribution in [3.05, 3.63) is 29.8 Å². The maximum Gasteiger partial charge on any atom is 0.307 e. The molecule has 1 aliphatic rings. The van der Waals surface area contributed by atoms with Crippen LogP contribution in [0.3, 0.4) is 0 Å². The molecule has 0 heterocycles. The number of hydrogen-bond acceptors (Lipinski definition) is 3. The predicted molar refractivity (Wildman–Crippen MR) is 78.6 cm³/mol. The topological polar surface area (TPSA) is 66.4 Å². The fourth-order valence-electron chi connectivity index (χ4n) is 2.71. The molecular weight excluding hydrogens is 274 g/mol. The van der Waals surface area contributed by atoms with Crippen LogP contribution in [-0.4, -0.2) is 17.0 Å². The first-order chi connectivity index (χ1) is 9.59. The summed E-state index contributed by atoms with van der Waals surface area (Å²) in [6.07, 6.45) is 3.06. The van der Waals surface area contributed by atoms with Crippen molar-refractivity contribution < 1.29 is 14.7 Å². The van der Waals surface area contributed by atoms with E-state index in [2.05, 4.69) is 17.9 Å². The van der Waals surface area contributed by atoms with Gasteiger partial charge in [-0.2, -0.15) is 0 Å². The molecule has 0 saturated heterocycles. The van der Waals surface area contributed by atoms with Crippen LogP contribution in [0.2, 0.25) is 0 Å². The maximum absolute atomic E-state index is 12.2. The highest BCUT2D eigenvalue weighted by molar-refractivity contribution is 7.80. The molecular formula is C15H19NO3S. The van der Waals surface area contributed by atoms with Crippen LogP contribution in [0.15, 0.2) is 29.2 Å². The Balaban J connectivity index is 1.97. The van der Waals surface area contributed by atoms with Crippen LogP contribution in [0.25, 0.3) is 0 Å². The summed E-state index contributed by atoms with van der Waals surface area (Å²) in [5, 5.41) is 12.0. The number of amides is 1. The lowest BCUT2D eigenvalue weighted by atomic mass is 9.78. The van der Waals surface area contributed by atoms with Crippen LogP contribution < -0.4 is 5.32 Å². The number of benzene rings is 1. The summed E-state index contributed by atoms with van der Waals surface area (Å²) < 4.78 is 0. The summed E-state index contributed by atoms with van der Waals surface area (Å²) in [5.74, 6) is -1.98. The zero-order chi connectivity index (χ0) is 14.5. The fraction of sp³-hybridized carbons (Fsp3) is 0.467. The van der Waals surface area contributed by atoms with E-state index in [0.717, 1.165) is 23.3 Å². The summed E-state index contributed by atoms with van der Waals surface area (Å²) in [7, 11) is 0. The van der Waals surface area contributed by atoms with E-state index in [0.29, 0.717) is 19.4 Å². The second-order valence-electron chi connectivity index (χ2n) is 5.18. The number of nitrogens with one attached hydrogen (secondary N) is 1. The van der Waals surface area contributed by atoms with E-state index in [1.807, 2.05) is 24.3 Å². The Hall–Kier alpha value is -1.49. The molecule has 0 aliphatic heterocycles. The third-order valence-corrected chi connectivity index (χ3v) is 4.30. The van der Waals surface area contributed by atoms with Crippen LogP contribution in [-0.2, 0) is 16.1 Å². The number of carboxylic acid groups (broad SMARTS) is 1. The molecule has 2 rings (SSSR count). The number of thiol groups is 1. The standard InChI is InChI=1S/C15H19NO3S/c17-14(11-6-2-3-7-12(11)15(18)19)16-9-10-5-1-4-8-13(10)20/h1,4-5,8,11-12,20H,2-3,6-7,9H2,(H,16,17)(H,18,19). The van der Waals surface area contributed by atoms with Gasteiger partial charge in [0.05, 0.1) is 11.8 Å². The highest BCUT2D eigenvalue weighted by Gasteiger charge is 2.35. The van der Waals surface area contributed by atoms with Gasteiger partial charge in [0.25, 0.3) is 0 Å². The summed E-state index contributed by atoms with van der Waals surface area (Å²) in [6.45, 7) is 0.390. The number of hydrogen-bond donors (Lipinski definition) is 3. The van der Waals surface area contributed by atoms with E-state index in [1.54, 1.807) is 0 Å². The summed E-state index contributed by atoms with van der Waals surface area (Å²) in [5.41, 5.74) is 0.937. The molecule has 2 atom stereocenters. The lowest BCUT2D eigenvalue weighted by Gasteiger charge is -2.27. The zero-order valence-corrected chi connectivity index (χ0v) is 12.1. The second-order valence-corrected chi connectivity index (χ2v) is 5.66. The quantitative estimate of drug-likeness (QED) is 0.747. The fourth-order valence-corrected chi connectivity index (χ4v) is 2.95. The van der Waals surface area contributed by atoms with Crippen molar-refractivity contribution in [3.8, 4) is 0 Å². The summed E-state index contributed by atoms with van der Waals surface area (Å²) in [4.78, 5) is 24.2. The van der Waals surface area contributed by atoms with Crippen LogP contribution in [0.4, 0.5) is 0 Å². The van der Waals surface area contributed by atoms with Crippen molar-refractivity contribution in [2.24, 2.45) is 11.8 Å². The van der Waals surface area contributed by atoms with Gasteiger partial charge < -0.3 is 10.4 Å². The Bertz CT molecular complexity index is 504. The molecule has 0 bridgehead atoms. The largest absolute Gasteiger partial charge is 0.481 e. The van der Waals surface area contributed by atoms with Gasteiger partial charge in [-0.25, -0.2) is 0 Å². The first-order valence-electron chi connectivity index (χ1n) is 6.87. The van der Waals surface area contributed by atoms with E-state index in [1.165, 1.54) is 0 Å². The summed E-state index contributed by atoms with van der Waals surface area (Å²) in [6, 6.07) is 7.54. The van der Waals surface area contributed by atoms with Crippen molar-refractivity contribution in [2.45, 2.75) is 37.1 Å².